The molecule has 2 atom stereocenters. The summed E-state index contributed by atoms with van der Waals surface area (Å²) in [7, 11) is 0. The molecule has 96 valence electrons. The lowest BCUT2D eigenvalue weighted by Crippen LogP contribution is -2.35. The summed E-state index contributed by atoms with van der Waals surface area (Å²) in [5.74, 6) is 3.45. The Kier molecular flexibility index (Phi) is 5.82. The van der Waals surface area contributed by atoms with E-state index in [1.165, 1.54) is 38.5 Å². The highest BCUT2D eigenvalue weighted by molar-refractivity contribution is 4.81. The predicted molar refractivity (Wildman–Crippen MR) is 72.3 cm³/mol. The second-order valence-corrected chi connectivity index (χ2v) is 6.33. The molecule has 1 saturated carbocycles. The van der Waals surface area contributed by atoms with E-state index in [4.69, 9.17) is 5.73 Å². The molecular formula is C15H31N. The van der Waals surface area contributed by atoms with Crippen LogP contribution in [0.3, 0.4) is 0 Å². The first-order chi connectivity index (χ1) is 7.54. The number of nitrogens with two attached hydrogens (primary N) is 1. The van der Waals surface area contributed by atoms with Crippen LogP contribution < -0.4 is 5.73 Å². The highest BCUT2D eigenvalue weighted by Crippen LogP contribution is 2.35. The third-order valence-corrected chi connectivity index (χ3v) is 4.74. The topological polar surface area (TPSA) is 26.0 Å². The van der Waals surface area contributed by atoms with Crippen LogP contribution in [0.25, 0.3) is 0 Å². The molecule has 0 aromatic carbocycles. The molecule has 0 amide bonds. The molecule has 1 fully saturated rings. The van der Waals surface area contributed by atoms with Crippen LogP contribution in [0.2, 0.25) is 0 Å². The Morgan fingerprint density at radius 3 is 1.94 bits per heavy atom. The van der Waals surface area contributed by atoms with Gasteiger partial charge in [-0.25, -0.2) is 0 Å². The van der Waals surface area contributed by atoms with Crippen LogP contribution in [0.1, 0.15) is 66.2 Å². The highest BCUT2D eigenvalue weighted by atomic mass is 14.7. The van der Waals surface area contributed by atoms with Crippen LogP contribution in [0, 0.1) is 23.7 Å². The second-order valence-electron chi connectivity index (χ2n) is 6.33. The molecule has 16 heavy (non-hydrogen) atoms. The van der Waals surface area contributed by atoms with E-state index in [2.05, 4.69) is 27.7 Å². The third-order valence-electron chi connectivity index (χ3n) is 4.74. The Labute approximate surface area is 102 Å². The van der Waals surface area contributed by atoms with E-state index >= 15 is 0 Å². The van der Waals surface area contributed by atoms with Crippen molar-refractivity contribution < 1.29 is 0 Å². The Morgan fingerprint density at radius 1 is 1.00 bits per heavy atom. The number of hydrogen-bond acceptors (Lipinski definition) is 1. The van der Waals surface area contributed by atoms with E-state index in [0.717, 1.165) is 23.7 Å². The van der Waals surface area contributed by atoms with Crippen molar-refractivity contribution in [3.63, 3.8) is 0 Å². The Morgan fingerprint density at radius 2 is 1.50 bits per heavy atom. The molecule has 0 radical (unpaired) electrons. The summed E-state index contributed by atoms with van der Waals surface area (Å²) in [6, 6.07) is 0.461. The van der Waals surface area contributed by atoms with Crippen LogP contribution in [0.4, 0.5) is 0 Å². The zero-order chi connectivity index (χ0) is 12.1. The Bertz CT molecular complexity index is 180. The average molecular weight is 225 g/mol. The van der Waals surface area contributed by atoms with Gasteiger partial charge in [-0.15, -0.1) is 0 Å². The summed E-state index contributed by atoms with van der Waals surface area (Å²) < 4.78 is 0. The van der Waals surface area contributed by atoms with Gasteiger partial charge in [0.15, 0.2) is 0 Å². The van der Waals surface area contributed by atoms with Gasteiger partial charge in [-0.3, -0.25) is 0 Å². The molecule has 0 spiro atoms. The zero-order valence-corrected chi connectivity index (χ0v) is 11.7. The standard InChI is InChI=1S/C15H31N/c1-5-12(4)10-15(16)14-8-6-13(7-9-14)11(2)3/h11-15H,5-10,16H2,1-4H3. The van der Waals surface area contributed by atoms with E-state index in [9.17, 15) is 0 Å². The fraction of sp³-hybridized carbons (Fsp3) is 1.00. The summed E-state index contributed by atoms with van der Waals surface area (Å²) >= 11 is 0. The average Bonchev–Trinajstić information content (AvgIpc) is 2.28. The van der Waals surface area contributed by atoms with Gasteiger partial charge < -0.3 is 5.73 Å². The molecule has 1 aliphatic rings. The molecule has 0 bridgehead atoms. The van der Waals surface area contributed by atoms with Crippen molar-refractivity contribution >= 4 is 0 Å². The molecule has 2 unspecified atom stereocenters. The fourth-order valence-electron chi connectivity index (χ4n) is 3.06. The lowest BCUT2D eigenvalue weighted by atomic mass is 9.73. The van der Waals surface area contributed by atoms with Crippen LogP contribution in [-0.2, 0) is 0 Å². The summed E-state index contributed by atoms with van der Waals surface area (Å²) in [6.45, 7) is 9.33. The lowest BCUT2D eigenvalue weighted by molar-refractivity contribution is 0.192. The maximum absolute atomic E-state index is 6.35. The van der Waals surface area contributed by atoms with Gasteiger partial charge in [-0.05, 0) is 55.8 Å². The molecule has 1 nitrogen and oxygen atoms in total. The molecule has 0 aromatic heterocycles. The minimum absolute atomic E-state index is 0.461. The highest BCUT2D eigenvalue weighted by Gasteiger charge is 2.27. The third kappa shape index (κ3) is 4.08. The van der Waals surface area contributed by atoms with Crippen LogP contribution >= 0.6 is 0 Å². The van der Waals surface area contributed by atoms with Crippen molar-refractivity contribution in [2.75, 3.05) is 0 Å². The van der Waals surface area contributed by atoms with Crippen molar-refractivity contribution in [1.29, 1.82) is 0 Å². The summed E-state index contributed by atoms with van der Waals surface area (Å²) in [4.78, 5) is 0. The van der Waals surface area contributed by atoms with E-state index in [1.807, 2.05) is 0 Å². The first-order valence-electron chi connectivity index (χ1n) is 7.30. The van der Waals surface area contributed by atoms with Crippen molar-refractivity contribution in [3.05, 3.63) is 0 Å². The second kappa shape index (κ2) is 6.64. The zero-order valence-electron chi connectivity index (χ0n) is 11.7. The maximum atomic E-state index is 6.35. The first-order valence-corrected chi connectivity index (χ1v) is 7.30. The van der Waals surface area contributed by atoms with Gasteiger partial charge in [0.05, 0.1) is 0 Å². The van der Waals surface area contributed by atoms with Gasteiger partial charge >= 0.3 is 0 Å². The molecule has 0 aliphatic heterocycles. The van der Waals surface area contributed by atoms with Crippen molar-refractivity contribution in [2.24, 2.45) is 29.4 Å². The van der Waals surface area contributed by atoms with Crippen LogP contribution in [-0.4, -0.2) is 6.04 Å². The first kappa shape index (κ1) is 14.0. The van der Waals surface area contributed by atoms with Crippen molar-refractivity contribution in [3.8, 4) is 0 Å². The predicted octanol–water partition coefficient (Wildman–Crippen LogP) is 4.21. The minimum atomic E-state index is 0.461. The Balaban J connectivity index is 2.30. The molecular weight excluding hydrogens is 194 g/mol. The van der Waals surface area contributed by atoms with E-state index in [0.29, 0.717) is 6.04 Å². The molecule has 0 heterocycles. The van der Waals surface area contributed by atoms with Crippen molar-refractivity contribution in [1.82, 2.24) is 0 Å². The largest absolute Gasteiger partial charge is 0.327 e. The SMILES string of the molecule is CCC(C)CC(N)C1CCC(C(C)C)CC1. The molecule has 1 aliphatic carbocycles. The quantitative estimate of drug-likeness (QED) is 0.745. The summed E-state index contributed by atoms with van der Waals surface area (Å²) in [5, 5.41) is 0. The van der Waals surface area contributed by atoms with Gasteiger partial charge in [0.25, 0.3) is 0 Å². The summed E-state index contributed by atoms with van der Waals surface area (Å²) in [6.07, 6.45) is 8.08. The number of hydrogen-bond donors (Lipinski definition) is 1. The van der Waals surface area contributed by atoms with E-state index in [-0.39, 0.29) is 0 Å². The van der Waals surface area contributed by atoms with E-state index in [1.54, 1.807) is 0 Å². The summed E-state index contributed by atoms with van der Waals surface area (Å²) in [5.41, 5.74) is 6.35. The number of rotatable bonds is 5. The molecule has 1 heteroatoms. The van der Waals surface area contributed by atoms with Crippen LogP contribution in [0.5, 0.6) is 0 Å². The fourth-order valence-corrected chi connectivity index (χ4v) is 3.06. The normalized spacial score (nSPS) is 30.4. The molecule has 0 aromatic rings. The Hall–Kier alpha value is -0.0400. The van der Waals surface area contributed by atoms with Gasteiger partial charge in [-0.2, -0.15) is 0 Å². The van der Waals surface area contributed by atoms with Gasteiger partial charge in [0.2, 0.25) is 0 Å². The van der Waals surface area contributed by atoms with E-state index < -0.39 is 0 Å². The maximum Gasteiger partial charge on any atom is 0.00696 e. The molecule has 0 saturated heterocycles. The van der Waals surface area contributed by atoms with Gasteiger partial charge in [0, 0.05) is 6.04 Å². The van der Waals surface area contributed by atoms with Gasteiger partial charge in [-0.1, -0.05) is 34.1 Å². The van der Waals surface area contributed by atoms with Crippen molar-refractivity contribution in [2.45, 2.75) is 72.3 Å². The van der Waals surface area contributed by atoms with Crippen LogP contribution in [0.15, 0.2) is 0 Å². The van der Waals surface area contributed by atoms with Gasteiger partial charge in [0.1, 0.15) is 0 Å². The minimum Gasteiger partial charge on any atom is -0.327 e. The monoisotopic (exact) mass is 225 g/mol. The molecule has 1 rings (SSSR count). The smallest absolute Gasteiger partial charge is 0.00696 e. The lowest BCUT2D eigenvalue weighted by Gasteiger charge is -2.34. The molecule has 2 N–H and O–H groups in total.